The molecule has 228 valence electrons. The maximum absolute atomic E-state index is 11.5. The first kappa shape index (κ1) is 31.0. The summed E-state index contributed by atoms with van der Waals surface area (Å²) in [6.45, 7) is 2.09. The number of hydrogen-bond donors (Lipinski definition) is 2. The molecule has 4 aromatic carbocycles. The number of carboxylic acids is 2. The first-order valence-electron chi connectivity index (χ1n) is 15.6. The molecule has 0 bridgehead atoms. The summed E-state index contributed by atoms with van der Waals surface area (Å²) in [5, 5.41) is 18.5. The van der Waals surface area contributed by atoms with E-state index >= 15 is 0 Å². The summed E-state index contributed by atoms with van der Waals surface area (Å²) in [6, 6.07) is 33.1. The van der Waals surface area contributed by atoms with Gasteiger partial charge in [0.15, 0.2) is 0 Å². The van der Waals surface area contributed by atoms with Crippen molar-refractivity contribution in [1.29, 1.82) is 0 Å². The molecule has 0 heterocycles. The zero-order valence-corrected chi connectivity index (χ0v) is 25.2. The molecule has 1 aliphatic rings. The highest BCUT2D eigenvalue weighted by molar-refractivity contribution is 5.88. The summed E-state index contributed by atoms with van der Waals surface area (Å²) in [5.41, 5.74) is 7.54. The number of benzene rings is 4. The van der Waals surface area contributed by atoms with E-state index in [0.29, 0.717) is 18.6 Å². The van der Waals surface area contributed by atoms with Gasteiger partial charge in [-0.2, -0.15) is 0 Å². The predicted octanol–water partition coefficient (Wildman–Crippen LogP) is 7.54. The molecule has 1 aliphatic carbocycles. The van der Waals surface area contributed by atoms with Gasteiger partial charge in [-0.05, 0) is 103 Å². The Bertz CT molecular complexity index is 1530. The topological polar surface area (TPSA) is 87.1 Å². The summed E-state index contributed by atoms with van der Waals surface area (Å²) in [6.07, 6.45) is 6.20. The second kappa shape index (κ2) is 15.3. The number of carboxylic acid groups (broad SMARTS) is 2. The lowest BCUT2D eigenvalue weighted by Gasteiger charge is -2.30. The smallest absolute Gasteiger partial charge is 0.335 e. The summed E-state index contributed by atoms with van der Waals surface area (Å²) in [5.74, 6) is -0.793. The Hall–Kier alpha value is -4.42. The first-order valence-corrected chi connectivity index (χ1v) is 15.6. The highest BCUT2D eigenvalue weighted by Gasteiger charge is 2.28. The van der Waals surface area contributed by atoms with Gasteiger partial charge in [-0.3, -0.25) is 9.69 Å². The summed E-state index contributed by atoms with van der Waals surface area (Å²) < 4.78 is 6.33. The Morgan fingerprint density at radius 2 is 1.45 bits per heavy atom. The number of para-hydroxylation sites is 1. The van der Waals surface area contributed by atoms with Crippen LogP contribution >= 0.6 is 0 Å². The minimum Gasteiger partial charge on any atom is -0.489 e. The van der Waals surface area contributed by atoms with E-state index in [2.05, 4.69) is 59.5 Å². The van der Waals surface area contributed by atoms with Crippen molar-refractivity contribution in [2.75, 3.05) is 13.1 Å². The number of hydrogen-bond acceptors (Lipinski definition) is 4. The number of rotatable bonds is 16. The van der Waals surface area contributed by atoms with Gasteiger partial charge >= 0.3 is 11.9 Å². The van der Waals surface area contributed by atoms with E-state index in [0.717, 1.165) is 74.1 Å². The molecule has 5 rings (SSSR count). The quantitative estimate of drug-likeness (QED) is 0.131. The van der Waals surface area contributed by atoms with E-state index in [1.165, 1.54) is 16.7 Å². The molecular formula is C38H41NO5. The standard InChI is InChI=1S/C38H41NO5/c40-37(41)12-6-7-24-39(35-22-20-32-26-33(38(42)43)19-21-34(32)35)25-23-31-10-4-5-11-36(31)44-27-30-17-15-29(16-18-30)14-13-28-8-2-1-3-9-28/h1-5,8-11,15-19,21,26,35H,6-7,12-14,20,22-25,27H2,(H,40,41)(H,42,43)/t35-/m0/s1. The van der Waals surface area contributed by atoms with Gasteiger partial charge in [0.2, 0.25) is 0 Å². The van der Waals surface area contributed by atoms with Crippen molar-refractivity contribution in [3.05, 3.63) is 136 Å². The van der Waals surface area contributed by atoms with E-state index < -0.39 is 11.9 Å². The molecule has 6 nitrogen and oxygen atoms in total. The van der Waals surface area contributed by atoms with Crippen molar-refractivity contribution in [2.45, 2.75) is 64.0 Å². The summed E-state index contributed by atoms with van der Waals surface area (Å²) in [4.78, 5) is 25.0. The molecule has 0 radical (unpaired) electrons. The number of fused-ring (bicyclic) bond motifs is 1. The van der Waals surface area contributed by atoms with E-state index in [-0.39, 0.29) is 12.5 Å². The van der Waals surface area contributed by atoms with Crippen molar-refractivity contribution < 1.29 is 24.5 Å². The number of aliphatic carboxylic acids is 1. The Morgan fingerprint density at radius 1 is 0.750 bits per heavy atom. The summed E-state index contributed by atoms with van der Waals surface area (Å²) in [7, 11) is 0. The zero-order chi connectivity index (χ0) is 30.7. The van der Waals surface area contributed by atoms with Crippen LogP contribution in [0.2, 0.25) is 0 Å². The molecule has 0 fully saturated rings. The van der Waals surface area contributed by atoms with Gasteiger partial charge in [0.05, 0.1) is 5.56 Å². The molecule has 4 aromatic rings. The van der Waals surface area contributed by atoms with Crippen molar-refractivity contribution in [1.82, 2.24) is 4.90 Å². The number of aromatic carboxylic acids is 1. The highest BCUT2D eigenvalue weighted by atomic mass is 16.5. The minimum absolute atomic E-state index is 0.168. The molecule has 0 aromatic heterocycles. The third-order valence-electron chi connectivity index (χ3n) is 8.57. The molecule has 0 amide bonds. The van der Waals surface area contributed by atoms with Gasteiger partial charge in [-0.15, -0.1) is 0 Å². The second-order valence-corrected chi connectivity index (χ2v) is 11.6. The van der Waals surface area contributed by atoms with Crippen LogP contribution < -0.4 is 4.74 Å². The van der Waals surface area contributed by atoms with Crippen LogP contribution in [0.25, 0.3) is 0 Å². The fourth-order valence-corrected chi connectivity index (χ4v) is 6.13. The van der Waals surface area contributed by atoms with Crippen molar-refractivity contribution in [3.8, 4) is 5.75 Å². The van der Waals surface area contributed by atoms with Gasteiger partial charge in [-0.1, -0.05) is 78.9 Å². The Kier molecular flexibility index (Phi) is 10.8. The highest BCUT2D eigenvalue weighted by Crippen LogP contribution is 2.37. The number of unbranched alkanes of at least 4 members (excludes halogenated alkanes) is 1. The lowest BCUT2D eigenvalue weighted by molar-refractivity contribution is -0.137. The average molecular weight is 592 g/mol. The number of carbonyl (C=O) groups is 2. The fraction of sp³-hybridized carbons (Fsp3) is 0.316. The van der Waals surface area contributed by atoms with E-state index in [1.807, 2.05) is 30.3 Å². The molecule has 0 spiro atoms. The van der Waals surface area contributed by atoms with Crippen molar-refractivity contribution in [3.63, 3.8) is 0 Å². The molecular weight excluding hydrogens is 550 g/mol. The Balaban J connectivity index is 1.21. The maximum Gasteiger partial charge on any atom is 0.335 e. The third kappa shape index (κ3) is 8.57. The van der Waals surface area contributed by atoms with Crippen LogP contribution in [0.4, 0.5) is 0 Å². The number of nitrogens with zero attached hydrogens (tertiary/aromatic N) is 1. The average Bonchev–Trinajstić information content (AvgIpc) is 3.47. The third-order valence-corrected chi connectivity index (χ3v) is 8.57. The van der Waals surface area contributed by atoms with Gasteiger partial charge in [0.25, 0.3) is 0 Å². The van der Waals surface area contributed by atoms with Crippen molar-refractivity contribution >= 4 is 11.9 Å². The van der Waals surface area contributed by atoms with Crippen LogP contribution in [0.1, 0.15) is 75.5 Å². The Morgan fingerprint density at radius 3 is 2.20 bits per heavy atom. The lowest BCUT2D eigenvalue weighted by atomic mass is 10.0. The molecule has 2 N–H and O–H groups in total. The maximum atomic E-state index is 11.5. The van der Waals surface area contributed by atoms with Crippen LogP contribution in [-0.2, 0) is 37.1 Å². The molecule has 0 saturated carbocycles. The SMILES string of the molecule is O=C(O)CCCCN(CCc1ccccc1OCc1ccc(CCc2ccccc2)cc1)[C@H]1CCc2cc(C(=O)O)ccc21. The monoisotopic (exact) mass is 591 g/mol. The largest absolute Gasteiger partial charge is 0.489 e. The lowest BCUT2D eigenvalue weighted by Crippen LogP contribution is -2.31. The fourth-order valence-electron chi connectivity index (χ4n) is 6.13. The number of ether oxygens (including phenoxy) is 1. The molecule has 0 aliphatic heterocycles. The second-order valence-electron chi connectivity index (χ2n) is 11.6. The minimum atomic E-state index is -0.905. The predicted molar refractivity (Wildman–Crippen MR) is 172 cm³/mol. The summed E-state index contributed by atoms with van der Waals surface area (Å²) >= 11 is 0. The molecule has 0 saturated heterocycles. The van der Waals surface area contributed by atoms with Gasteiger partial charge in [-0.25, -0.2) is 4.79 Å². The van der Waals surface area contributed by atoms with E-state index in [4.69, 9.17) is 9.84 Å². The van der Waals surface area contributed by atoms with Crippen LogP contribution in [0.3, 0.4) is 0 Å². The van der Waals surface area contributed by atoms with Crippen LogP contribution in [0, 0.1) is 0 Å². The zero-order valence-electron chi connectivity index (χ0n) is 25.2. The Labute approximate surface area is 259 Å². The molecule has 1 atom stereocenters. The molecule has 44 heavy (non-hydrogen) atoms. The normalized spacial score (nSPS) is 14.0. The van der Waals surface area contributed by atoms with E-state index in [9.17, 15) is 14.7 Å². The van der Waals surface area contributed by atoms with Crippen LogP contribution in [0.15, 0.2) is 97.1 Å². The first-order chi connectivity index (χ1) is 21.5. The van der Waals surface area contributed by atoms with Crippen LogP contribution in [0.5, 0.6) is 5.75 Å². The van der Waals surface area contributed by atoms with Gasteiger partial charge < -0.3 is 14.9 Å². The van der Waals surface area contributed by atoms with Crippen LogP contribution in [-0.4, -0.2) is 40.1 Å². The van der Waals surface area contributed by atoms with E-state index in [1.54, 1.807) is 12.1 Å². The van der Waals surface area contributed by atoms with Crippen molar-refractivity contribution in [2.24, 2.45) is 0 Å². The van der Waals surface area contributed by atoms with Gasteiger partial charge in [0.1, 0.15) is 12.4 Å². The number of aryl methyl sites for hydroxylation is 3. The molecule has 6 heteroatoms. The van der Waals surface area contributed by atoms with Gasteiger partial charge in [0, 0.05) is 19.0 Å². The molecule has 0 unspecified atom stereocenters.